The van der Waals surface area contributed by atoms with E-state index in [-0.39, 0.29) is 11.9 Å². The third-order valence-corrected chi connectivity index (χ3v) is 4.22. The minimum absolute atomic E-state index is 0.0905. The first kappa shape index (κ1) is 15.8. The van der Waals surface area contributed by atoms with Crippen LogP contribution in [0.2, 0.25) is 0 Å². The first-order valence-corrected chi connectivity index (χ1v) is 7.44. The number of urea groups is 1. The van der Waals surface area contributed by atoms with E-state index in [1.165, 1.54) is 0 Å². The zero-order chi connectivity index (χ0) is 14.3. The van der Waals surface area contributed by atoms with Crippen molar-refractivity contribution in [2.75, 3.05) is 6.54 Å². The summed E-state index contributed by atoms with van der Waals surface area (Å²) in [5.41, 5.74) is 5.11. The minimum atomic E-state index is -0.623. The van der Waals surface area contributed by atoms with E-state index >= 15 is 0 Å². The van der Waals surface area contributed by atoms with Crippen LogP contribution in [-0.4, -0.2) is 24.0 Å². The quantitative estimate of drug-likeness (QED) is 0.338. The summed E-state index contributed by atoms with van der Waals surface area (Å²) >= 11 is 0. The molecule has 5 nitrogen and oxygen atoms in total. The van der Waals surface area contributed by atoms with Gasteiger partial charge in [0, 0.05) is 6.54 Å². The molecule has 0 aliphatic heterocycles. The highest BCUT2D eigenvalue weighted by atomic mass is 16.2. The lowest BCUT2D eigenvalue weighted by atomic mass is 9.75. The van der Waals surface area contributed by atoms with Gasteiger partial charge in [-0.15, -0.1) is 0 Å². The molecule has 1 aliphatic carbocycles. The number of carbonyl (C=O) groups is 1. The van der Waals surface area contributed by atoms with E-state index in [9.17, 15) is 4.79 Å². The lowest BCUT2D eigenvalue weighted by Crippen LogP contribution is -2.60. The molecule has 5 N–H and O–H groups in total. The maximum Gasteiger partial charge on any atom is 0.315 e. The van der Waals surface area contributed by atoms with Crippen molar-refractivity contribution in [3.63, 3.8) is 0 Å². The van der Waals surface area contributed by atoms with Crippen LogP contribution in [0.3, 0.4) is 0 Å². The second-order valence-electron chi connectivity index (χ2n) is 5.58. The summed E-state index contributed by atoms with van der Waals surface area (Å²) in [6.07, 6.45) is 6.81. The molecule has 1 fully saturated rings. The second-order valence-corrected chi connectivity index (χ2v) is 5.58. The number of amidine groups is 1. The van der Waals surface area contributed by atoms with Gasteiger partial charge in [0.2, 0.25) is 0 Å². The summed E-state index contributed by atoms with van der Waals surface area (Å²) in [6, 6.07) is -0.196. The van der Waals surface area contributed by atoms with Gasteiger partial charge in [-0.25, -0.2) is 4.79 Å². The second kappa shape index (κ2) is 7.36. The molecule has 0 saturated heterocycles. The van der Waals surface area contributed by atoms with E-state index in [2.05, 4.69) is 24.5 Å². The summed E-state index contributed by atoms with van der Waals surface area (Å²) in [5, 5.41) is 13.6. The van der Waals surface area contributed by atoms with Gasteiger partial charge in [-0.2, -0.15) is 0 Å². The highest BCUT2D eigenvalue weighted by Gasteiger charge is 2.39. The Labute approximate surface area is 116 Å². The summed E-state index contributed by atoms with van der Waals surface area (Å²) < 4.78 is 0. The highest BCUT2D eigenvalue weighted by Crippen LogP contribution is 2.33. The topological polar surface area (TPSA) is 91.0 Å². The first-order valence-electron chi connectivity index (χ1n) is 7.44. The fourth-order valence-corrected chi connectivity index (χ4v) is 2.68. The zero-order valence-corrected chi connectivity index (χ0v) is 12.2. The minimum Gasteiger partial charge on any atom is -0.386 e. The predicted molar refractivity (Wildman–Crippen MR) is 78.3 cm³/mol. The van der Waals surface area contributed by atoms with Gasteiger partial charge in [-0.1, -0.05) is 26.7 Å². The fourth-order valence-electron chi connectivity index (χ4n) is 2.68. The molecule has 0 heterocycles. The average molecular weight is 268 g/mol. The van der Waals surface area contributed by atoms with E-state index in [4.69, 9.17) is 11.1 Å². The molecule has 19 heavy (non-hydrogen) atoms. The average Bonchev–Trinajstić information content (AvgIpc) is 2.39. The van der Waals surface area contributed by atoms with Gasteiger partial charge in [0.1, 0.15) is 5.84 Å². The third-order valence-electron chi connectivity index (χ3n) is 4.22. The number of amides is 2. The summed E-state index contributed by atoms with van der Waals surface area (Å²) in [6.45, 7) is 4.95. The molecule has 0 aromatic rings. The Morgan fingerprint density at radius 2 is 2.00 bits per heavy atom. The van der Waals surface area contributed by atoms with E-state index in [0.29, 0.717) is 12.5 Å². The van der Waals surface area contributed by atoms with Crippen molar-refractivity contribution < 1.29 is 4.79 Å². The number of hydrogen-bond donors (Lipinski definition) is 4. The van der Waals surface area contributed by atoms with Crippen molar-refractivity contribution in [3.05, 3.63) is 0 Å². The van der Waals surface area contributed by atoms with Crippen molar-refractivity contribution in [2.24, 2.45) is 11.7 Å². The molecule has 0 radical (unpaired) electrons. The van der Waals surface area contributed by atoms with E-state index in [1.54, 1.807) is 0 Å². The van der Waals surface area contributed by atoms with Gasteiger partial charge in [-0.05, 0) is 38.0 Å². The molecular weight excluding hydrogens is 240 g/mol. The van der Waals surface area contributed by atoms with Crippen LogP contribution in [0, 0.1) is 11.3 Å². The molecule has 110 valence electrons. The Kier molecular flexibility index (Phi) is 6.12. The number of nitrogens with one attached hydrogen (secondary N) is 3. The van der Waals surface area contributed by atoms with Crippen LogP contribution < -0.4 is 16.4 Å². The maximum absolute atomic E-state index is 11.9. The lowest BCUT2D eigenvalue weighted by Gasteiger charge is -2.39. The Morgan fingerprint density at radius 1 is 1.37 bits per heavy atom. The highest BCUT2D eigenvalue weighted by molar-refractivity contribution is 5.91. The predicted octanol–water partition coefficient (Wildman–Crippen LogP) is 2.36. The standard InChI is InChI=1S/C14H28N4O/c1-3-5-10-17-13(19)18-14(12(15)16)8-6-11(4-2)7-9-14/h11H,3-10H2,1-2H3,(H3,15,16)(H2,17,18,19). The van der Waals surface area contributed by atoms with Crippen LogP contribution in [0.4, 0.5) is 4.79 Å². The van der Waals surface area contributed by atoms with Gasteiger partial charge in [0.15, 0.2) is 0 Å². The Morgan fingerprint density at radius 3 is 2.47 bits per heavy atom. The molecule has 0 bridgehead atoms. The van der Waals surface area contributed by atoms with Crippen LogP contribution in [0.25, 0.3) is 0 Å². The molecule has 0 unspecified atom stereocenters. The van der Waals surface area contributed by atoms with Crippen LogP contribution in [0.5, 0.6) is 0 Å². The SMILES string of the molecule is CCCCNC(=O)NC1(C(=N)N)CCC(CC)CC1. The Bertz CT molecular complexity index is 309. The molecule has 1 saturated carbocycles. The van der Waals surface area contributed by atoms with Crippen LogP contribution >= 0.6 is 0 Å². The Balaban J connectivity index is 2.53. The summed E-state index contributed by atoms with van der Waals surface area (Å²) in [5.74, 6) is 0.796. The normalized spacial score (nSPS) is 26.7. The largest absolute Gasteiger partial charge is 0.386 e. The monoisotopic (exact) mass is 268 g/mol. The molecule has 1 aliphatic rings. The van der Waals surface area contributed by atoms with E-state index in [0.717, 1.165) is 44.9 Å². The van der Waals surface area contributed by atoms with Gasteiger partial charge < -0.3 is 16.4 Å². The van der Waals surface area contributed by atoms with Gasteiger partial charge in [-0.3, -0.25) is 5.41 Å². The Hall–Kier alpha value is -1.26. The maximum atomic E-state index is 11.9. The number of hydrogen-bond acceptors (Lipinski definition) is 2. The summed E-state index contributed by atoms with van der Waals surface area (Å²) in [7, 11) is 0. The third kappa shape index (κ3) is 4.40. The summed E-state index contributed by atoms with van der Waals surface area (Å²) in [4.78, 5) is 11.9. The van der Waals surface area contributed by atoms with Crippen molar-refractivity contribution in [3.8, 4) is 0 Å². The first-order chi connectivity index (χ1) is 9.04. The van der Waals surface area contributed by atoms with Crippen LogP contribution in [0.15, 0.2) is 0 Å². The van der Waals surface area contributed by atoms with Gasteiger partial charge in [0.25, 0.3) is 0 Å². The van der Waals surface area contributed by atoms with Gasteiger partial charge in [0.05, 0.1) is 5.54 Å². The molecule has 0 spiro atoms. The van der Waals surface area contributed by atoms with Crippen LogP contribution in [-0.2, 0) is 0 Å². The molecule has 2 amide bonds. The van der Waals surface area contributed by atoms with Crippen molar-refractivity contribution in [1.82, 2.24) is 10.6 Å². The van der Waals surface area contributed by atoms with E-state index in [1.807, 2.05) is 0 Å². The van der Waals surface area contributed by atoms with E-state index < -0.39 is 5.54 Å². The van der Waals surface area contributed by atoms with Crippen molar-refractivity contribution in [1.29, 1.82) is 5.41 Å². The van der Waals surface area contributed by atoms with Crippen molar-refractivity contribution in [2.45, 2.75) is 64.3 Å². The molecule has 0 aromatic heterocycles. The number of rotatable bonds is 6. The molecule has 0 aromatic carbocycles. The smallest absolute Gasteiger partial charge is 0.315 e. The van der Waals surface area contributed by atoms with Crippen LogP contribution in [0.1, 0.15) is 58.8 Å². The van der Waals surface area contributed by atoms with Gasteiger partial charge >= 0.3 is 6.03 Å². The zero-order valence-electron chi connectivity index (χ0n) is 12.2. The fraction of sp³-hybridized carbons (Fsp3) is 0.857. The number of carbonyl (C=O) groups excluding carboxylic acids is 1. The molecular formula is C14H28N4O. The molecule has 1 rings (SSSR count). The molecule has 5 heteroatoms. The van der Waals surface area contributed by atoms with Crippen molar-refractivity contribution >= 4 is 11.9 Å². The lowest BCUT2D eigenvalue weighted by molar-refractivity contribution is 0.211. The number of unbranched alkanes of at least 4 members (excludes halogenated alkanes) is 1. The number of nitrogens with two attached hydrogens (primary N) is 1. The molecule has 0 atom stereocenters.